The number of aromatic nitrogens is 1. The number of hydrogen-bond donors (Lipinski definition) is 2. The first-order chi connectivity index (χ1) is 11.6. The van der Waals surface area contributed by atoms with Crippen LogP contribution < -0.4 is 20.6 Å². The average Bonchev–Trinajstić information content (AvgIpc) is 2.61. The number of ether oxygens (including phenoxy) is 2. The molecule has 0 bridgehead atoms. The van der Waals surface area contributed by atoms with E-state index in [-0.39, 0.29) is 12.3 Å². The maximum absolute atomic E-state index is 11.8. The van der Waals surface area contributed by atoms with E-state index in [0.29, 0.717) is 17.1 Å². The van der Waals surface area contributed by atoms with Crippen LogP contribution in [0.4, 0.5) is 0 Å². The topological polar surface area (TPSA) is 116 Å². The summed E-state index contributed by atoms with van der Waals surface area (Å²) in [5, 5.41) is 3.86. The monoisotopic (exact) mass is 328 g/mol. The Bertz CT molecular complexity index is 747. The zero-order valence-corrected chi connectivity index (χ0v) is 12.9. The average molecular weight is 328 g/mol. The van der Waals surface area contributed by atoms with Gasteiger partial charge in [0, 0.05) is 6.20 Å². The van der Waals surface area contributed by atoms with Crippen molar-refractivity contribution in [1.82, 2.24) is 10.4 Å². The first kappa shape index (κ1) is 16.9. The molecule has 8 heteroatoms. The van der Waals surface area contributed by atoms with Crippen molar-refractivity contribution in [2.75, 3.05) is 13.7 Å². The Hall–Kier alpha value is -3.42. The second-order valence-corrected chi connectivity index (χ2v) is 4.58. The van der Waals surface area contributed by atoms with Gasteiger partial charge < -0.3 is 15.2 Å². The van der Waals surface area contributed by atoms with E-state index < -0.39 is 11.8 Å². The molecule has 0 saturated heterocycles. The van der Waals surface area contributed by atoms with Crippen LogP contribution in [0.25, 0.3) is 0 Å². The van der Waals surface area contributed by atoms with E-state index in [9.17, 15) is 9.59 Å². The molecule has 2 amide bonds. The first-order valence-corrected chi connectivity index (χ1v) is 6.93. The summed E-state index contributed by atoms with van der Waals surface area (Å²) in [5.74, 6) is -0.206. The van der Waals surface area contributed by atoms with Gasteiger partial charge in [0.05, 0.1) is 13.3 Å². The largest absolute Gasteiger partial charge is 0.493 e. The van der Waals surface area contributed by atoms with E-state index in [1.54, 1.807) is 36.4 Å². The van der Waals surface area contributed by atoms with Crippen molar-refractivity contribution in [1.29, 1.82) is 0 Å². The van der Waals surface area contributed by atoms with E-state index >= 15 is 0 Å². The van der Waals surface area contributed by atoms with Crippen molar-refractivity contribution in [3.63, 3.8) is 0 Å². The Labute approximate surface area is 138 Å². The number of carbonyl (C=O) groups excluding carboxylic acids is 2. The lowest BCUT2D eigenvalue weighted by atomic mass is 10.2. The highest BCUT2D eigenvalue weighted by Gasteiger charge is 2.07. The minimum absolute atomic E-state index is 0.246. The molecule has 0 aliphatic heterocycles. The van der Waals surface area contributed by atoms with Crippen molar-refractivity contribution >= 4 is 18.0 Å². The Morgan fingerprint density at radius 1 is 1.29 bits per heavy atom. The molecule has 2 rings (SSSR count). The summed E-state index contributed by atoms with van der Waals surface area (Å²) in [6.45, 7) is -0.246. The summed E-state index contributed by atoms with van der Waals surface area (Å²) < 4.78 is 10.4. The number of pyridine rings is 1. The molecule has 0 aliphatic rings. The molecule has 8 nitrogen and oxygen atoms in total. The fourth-order valence-electron chi connectivity index (χ4n) is 1.75. The van der Waals surface area contributed by atoms with Crippen LogP contribution in [0.3, 0.4) is 0 Å². The van der Waals surface area contributed by atoms with Gasteiger partial charge in [-0.15, -0.1) is 0 Å². The fraction of sp³-hybridized carbons (Fsp3) is 0.125. The molecule has 24 heavy (non-hydrogen) atoms. The highest BCUT2D eigenvalue weighted by molar-refractivity contribution is 5.93. The Morgan fingerprint density at radius 2 is 2.12 bits per heavy atom. The summed E-state index contributed by atoms with van der Waals surface area (Å²) in [6, 6.07) is 9.96. The molecule has 0 unspecified atom stereocenters. The summed E-state index contributed by atoms with van der Waals surface area (Å²) >= 11 is 0. The summed E-state index contributed by atoms with van der Waals surface area (Å²) in [7, 11) is 1.47. The molecule has 0 fully saturated rings. The zero-order valence-electron chi connectivity index (χ0n) is 12.9. The molecular weight excluding hydrogens is 312 g/mol. The normalized spacial score (nSPS) is 10.4. The van der Waals surface area contributed by atoms with E-state index in [4.69, 9.17) is 15.2 Å². The minimum atomic E-state index is -0.583. The molecule has 0 radical (unpaired) electrons. The van der Waals surface area contributed by atoms with Gasteiger partial charge in [-0.3, -0.25) is 14.6 Å². The van der Waals surface area contributed by atoms with E-state index in [0.717, 1.165) is 0 Å². The number of methoxy groups -OCH3 is 1. The number of hydrazone groups is 1. The highest BCUT2D eigenvalue weighted by atomic mass is 16.5. The van der Waals surface area contributed by atoms with Crippen LogP contribution in [0.5, 0.6) is 11.5 Å². The molecule has 2 aromatic rings. The van der Waals surface area contributed by atoms with Crippen LogP contribution in [0.15, 0.2) is 47.7 Å². The predicted molar refractivity (Wildman–Crippen MR) is 87.0 cm³/mol. The molecule has 1 aromatic heterocycles. The maximum atomic E-state index is 11.8. The Balaban J connectivity index is 2.01. The third kappa shape index (κ3) is 4.80. The lowest BCUT2D eigenvalue weighted by Gasteiger charge is -2.09. The van der Waals surface area contributed by atoms with Crippen LogP contribution >= 0.6 is 0 Å². The van der Waals surface area contributed by atoms with Gasteiger partial charge in [-0.05, 0) is 35.9 Å². The number of primary amides is 1. The smallest absolute Gasteiger partial charge is 0.289 e. The van der Waals surface area contributed by atoms with Gasteiger partial charge in [0.2, 0.25) is 0 Å². The third-order valence-electron chi connectivity index (χ3n) is 2.83. The molecule has 3 N–H and O–H groups in total. The van der Waals surface area contributed by atoms with Gasteiger partial charge in [-0.2, -0.15) is 5.10 Å². The zero-order chi connectivity index (χ0) is 17.4. The standard InChI is InChI=1S/C16H16N4O4/c1-23-14-8-11(5-6-13(14)24-10-15(17)21)9-19-20-16(22)12-4-2-3-7-18-12/h2-9H,10H2,1H3,(H2,17,21)(H,20,22)/b19-9-. The van der Waals surface area contributed by atoms with Crippen LogP contribution in [0.2, 0.25) is 0 Å². The highest BCUT2D eigenvalue weighted by Crippen LogP contribution is 2.27. The van der Waals surface area contributed by atoms with Crippen LogP contribution in [0, 0.1) is 0 Å². The van der Waals surface area contributed by atoms with Crippen LogP contribution in [-0.2, 0) is 4.79 Å². The van der Waals surface area contributed by atoms with Gasteiger partial charge in [0.25, 0.3) is 11.8 Å². The van der Waals surface area contributed by atoms with E-state index in [1.807, 2.05) is 0 Å². The van der Waals surface area contributed by atoms with Gasteiger partial charge >= 0.3 is 0 Å². The number of nitrogens with zero attached hydrogens (tertiary/aromatic N) is 2. The molecule has 1 heterocycles. The molecular formula is C16H16N4O4. The predicted octanol–water partition coefficient (Wildman–Crippen LogP) is 0.718. The maximum Gasteiger partial charge on any atom is 0.289 e. The molecule has 0 aliphatic carbocycles. The molecule has 0 spiro atoms. The Morgan fingerprint density at radius 3 is 2.79 bits per heavy atom. The molecule has 0 atom stereocenters. The number of nitrogens with two attached hydrogens (primary N) is 1. The molecule has 0 saturated carbocycles. The fourth-order valence-corrected chi connectivity index (χ4v) is 1.75. The van der Waals surface area contributed by atoms with Crippen molar-refractivity contribution in [3.05, 3.63) is 53.9 Å². The summed E-state index contributed by atoms with van der Waals surface area (Å²) in [5.41, 5.74) is 8.34. The van der Waals surface area contributed by atoms with Gasteiger partial charge in [0.15, 0.2) is 18.1 Å². The number of amides is 2. The minimum Gasteiger partial charge on any atom is -0.493 e. The van der Waals surface area contributed by atoms with Crippen LogP contribution in [-0.4, -0.2) is 36.7 Å². The second kappa shape index (κ2) is 8.28. The number of hydrogen-bond acceptors (Lipinski definition) is 6. The van der Waals surface area contributed by atoms with Crippen molar-refractivity contribution in [3.8, 4) is 11.5 Å². The van der Waals surface area contributed by atoms with Gasteiger partial charge in [-0.25, -0.2) is 5.43 Å². The van der Waals surface area contributed by atoms with Crippen LogP contribution in [0.1, 0.15) is 16.1 Å². The van der Waals surface area contributed by atoms with Gasteiger partial charge in [0.1, 0.15) is 5.69 Å². The molecule has 124 valence electrons. The lowest BCUT2D eigenvalue weighted by molar-refractivity contribution is -0.119. The number of benzene rings is 1. The second-order valence-electron chi connectivity index (χ2n) is 4.58. The Kier molecular flexibility index (Phi) is 5.84. The summed E-state index contributed by atoms with van der Waals surface area (Å²) in [6.07, 6.45) is 2.97. The van der Waals surface area contributed by atoms with Crippen molar-refractivity contribution < 1.29 is 19.1 Å². The SMILES string of the molecule is COc1cc(/C=N\NC(=O)c2ccccn2)ccc1OCC(N)=O. The number of nitrogens with one attached hydrogen (secondary N) is 1. The van der Waals surface area contributed by atoms with E-state index in [2.05, 4.69) is 15.5 Å². The summed E-state index contributed by atoms with van der Waals surface area (Å²) in [4.78, 5) is 26.5. The van der Waals surface area contributed by atoms with Crippen molar-refractivity contribution in [2.45, 2.75) is 0 Å². The quantitative estimate of drug-likeness (QED) is 0.574. The lowest BCUT2D eigenvalue weighted by Crippen LogP contribution is -2.20. The number of rotatable bonds is 7. The number of carbonyl (C=O) groups is 2. The van der Waals surface area contributed by atoms with Gasteiger partial charge in [-0.1, -0.05) is 6.07 Å². The van der Waals surface area contributed by atoms with Crippen molar-refractivity contribution in [2.24, 2.45) is 10.8 Å². The third-order valence-corrected chi connectivity index (χ3v) is 2.83. The van der Waals surface area contributed by atoms with E-state index in [1.165, 1.54) is 19.5 Å². The first-order valence-electron chi connectivity index (χ1n) is 6.93. The molecule has 1 aromatic carbocycles.